The van der Waals surface area contributed by atoms with Gasteiger partial charge in [0.25, 0.3) is 0 Å². The Morgan fingerprint density at radius 3 is 1.67 bits per heavy atom. The fraction of sp³-hybridized carbons (Fsp3) is 0. The zero-order valence-corrected chi connectivity index (χ0v) is 22.9. The maximum atomic E-state index is 5.07. The Morgan fingerprint density at radius 1 is 0.381 bits per heavy atom. The molecular weight excluding hydrogens is 510 g/mol. The molecule has 0 aliphatic carbocycles. The first-order chi connectivity index (χ1) is 20.8. The van der Waals surface area contributed by atoms with E-state index >= 15 is 0 Å². The van der Waals surface area contributed by atoms with Crippen LogP contribution in [0, 0.1) is 0 Å². The molecule has 0 unspecified atom stereocenters. The smallest absolute Gasteiger partial charge is 0.0934 e. The van der Waals surface area contributed by atoms with Gasteiger partial charge in [0.1, 0.15) is 0 Å². The molecule has 8 aromatic rings. The van der Waals surface area contributed by atoms with E-state index in [1.54, 1.807) is 0 Å². The number of nitrogens with zero attached hydrogens (tertiary/aromatic N) is 3. The van der Waals surface area contributed by atoms with Crippen molar-refractivity contribution in [3.8, 4) is 45.0 Å². The van der Waals surface area contributed by atoms with Gasteiger partial charge in [0.15, 0.2) is 0 Å². The first-order valence-electron chi connectivity index (χ1n) is 14.2. The van der Waals surface area contributed by atoms with Gasteiger partial charge < -0.3 is 4.57 Å². The maximum Gasteiger partial charge on any atom is 0.0934 e. The highest BCUT2D eigenvalue weighted by atomic mass is 15.3. The molecule has 0 N–H and O–H groups in total. The van der Waals surface area contributed by atoms with Crippen molar-refractivity contribution >= 4 is 21.8 Å². The summed E-state index contributed by atoms with van der Waals surface area (Å²) < 4.78 is 4.42. The molecule has 2 aromatic heterocycles. The second kappa shape index (κ2) is 10.1. The van der Waals surface area contributed by atoms with Crippen molar-refractivity contribution < 1.29 is 0 Å². The summed E-state index contributed by atoms with van der Waals surface area (Å²) in [6.45, 7) is 0. The van der Waals surface area contributed by atoms with Crippen LogP contribution < -0.4 is 0 Å². The fourth-order valence-electron chi connectivity index (χ4n) is 5.95. The van der Waals surface area contributed by atoms with Gasteiger partial charge in [0, 0.05) is 27.6 Å². The monoisotopic (exact) mass is 537 g/mol. The number of rotatable bonds is 5. The van der Waals surface area contributed by atoms with E-state index in [1.807, 2.05) is 12.1 Å². The van der Waals surface area contributed by atoms with E-state index < -0.39 is 0 Å². The van der Waals surface area contributed by atoms with Crippen molar-refractivity contribution in [2.45, 2.75) is 0 Å². The summed E-state index contributed by atoms with van der Waals surface area (Å²) >= 11 is 0. The van der Waals surface area contributed by atoms with Crippen LogP contribution in [0.25, 0.3) is 66.8 Å². The third-order valence-corrected chi connectivity index (χ3v) is 7.98. The normalized spacial score (nSPS) is 11.3. The molecule has 0 saturated heterocycles. The van der Waals surface area contributed by atoms with Gasteiger partial charge in [-0.25, -0.2) is 4.68 Å². The zero-order valence-electron chi connectivity index (χ0n) is 22.9. The minimum Gasteiger partial charge on any atom is -0.309 e. The molecule has 3 nitrogen and oxygen atoms in total. The van der Waals surface area contributed by atoms with Gasteiger partial charge in [-0.2, -0.15) is 5.10 Å². The number of hydrogen-bond donors (Lipinski definition) is 0. The Kier molecular flexibility index (Phi) is 5.79. The molecule has 42 heavy (non-hydrogen) atoms. The minimum absolute atomic E-state index is 0.954. The van der Waals surface area contributed by atoms with Crippen molar-refractivity contribution in [1.29, 1.82) is 0 Å². The van der Waals surface area contributed by atoms with Crippen molar-refractivity contribution in [2.75, 3.05) is 0 Å². The van der Waals surface area contributed by atoms with E-state index in [0.29, 0.717) is 0 Å². The van der Waals surface area contributed by atoms with Gasteiger partial charge in [-0.15, -0.1) is 0 Å². The van der Waals surface area contributed by atoms with Crippen molar-refractivity contribution in [3.63, 3.8) is 0 Å². The van der Waals surface area contributed by atoms with Crippen LogP contribution in [-0.4, -0.2) is 14.3 Å². The summed E-state index contributed by atoms with van der Waals surface area (Å²) in [6, 6.07) is 57.8. The predicted molar refractivity (Wildman–Crippen MR) is 174 cm³/mol. The molecule has 0 atom stereocenters. The van der Waals surface area contributed by atoms with Gasteiger partial charge in [0.2, 0.25) is 0 Å². The first-order valence-corrected chi connectivity index (χ1v) is 14.2. The Labute approximate surface area is 244 Å². The molecule has 0 bridgehead atoms. The molecule has 8 rings (SSSR count). The summed E-state index contributed by atoms with van der Waals surface area (Å²) in [4.78, 5) is 0. The van der Waals surface area contributed by atoms with Crippen LogP contribution in [0.2, 0.25) is 0 Å². The second-order valence-electron chi connectivity index (χ2n) is 10.5. The van der Waals surface area contributed by atoms with Gasteiger partial charge in [-0.3, -0.25) is 0 Å². The van der Waals surface area contributed by atoms with Gasteiger partial charge >= 0.3 is 0 Å². The zero-order chi connectivity index (χ0) is 27.9. The average molecular weight is 538 g/mol. The third-order valence-electron chi connectivity index (χ3n) is 7.98. The molecular formula is C39H27N3. The summed E-state index contributed by atoms with van der Waals surface area (Å²) in [5.74, 6) is 0. The highest BCUT2D eigenvalue weighted by Gasteiger charge is 2.16. The molecule has 0 amide bonds. The SMILES string of the molecule is c1ccc(-c2ccc3c(c2)c2ccccc2n3-c2ccc(-n3nc(-c4ccccc4)cc3-c3ccccc3)cc2)cc1. The van der Waals surface area contributed by atoms with E-state index in [0.717, 1.165) is 33.9 Å². The molecule has 0 aliphatic heterocycles. The lowest BCUT2D eigenvalue weighted by molar-refractivity contribution is 0.891. The number of hydrogen-bond acceptors (Lipinski definition) is 1. The Hall–Kier alpha value is -5.67. The van der Waals surface area contributed by atoms with E-state index in [9.17, 15) is 0 Å². The van der Waals surface area contributed by atoms with Crippen LogP contribution in [0.4, 0.5) is 0 Å². The fourth-order valence-corrected chi connectivity index (χ4v) is 5.95. The Balaban J connectivity index is 1.25. The molecule has 0 aliphatic rings. The molecule has 0 fully saturated rings. The molecule has 2 heterocycles. The first kappa shape index (κ1) is 24.2. The largest absolute Gasteiger partial charge is 0.309 e. The van der Waals surface area contributed by atoms with Gasteiger partial charge in [-0.05, 0) is 59.7 Å². The molecule has 198 valence electrons. The van der Waals surface area contributed by atoms with Gasteiger partial charge in [0.05, 0.1) is 28.1 Å². The van der Waals surface area contributed by atoms with Crippen molar-refractivity contribution in [2.24, 2.45) is 0 Å². The van der Waals surface area contributed by atoms with Crippen molar-refractivity contribution in [3.05, 3.63) is 164 Å². The summed E-state index contributed by atoms with van der Waals surface area (Å²) in [6.07, 6.45) is 0. The summed E-state index contributed by atoms with van der Waals surface area (Å²) in [5.41, 5.74) is 11.2. The number of aromatic nitrogens is 3. The molecule has 0 spiro atoms. The van der Waals surface area contributed by atoms with E-state index in [2.05, 4.69) is 161 Å². The lowest BCUT2D eigenvalue weighted by Crippen LogP contribution is -2.00. The maximum absolute atomic E-state index is 5.07. The predicted octanol–water partition coefficient (Wildman–Crippen LogP) is 9.97. The van der Waals surface area contributed by atoms with E-state index in [4.69, 9.17) is 5.10 Å². The summed E-state index contributed by atoms with van der Waals surface area (Å²) in [7, 11) is 0. The molecule has 6 aromatic carbocycles. The van der Waals surface area contributed by atoms with Gasteiger partial charge in [-0.1, -0.05) is 115 Å². The second-order valence-corrected chi connectivity index (χ2v) is 10.5. The van der Waals surface area contributed by atoms with E-state index in [1.165, 1.54) is 32.9 Å². The number of para-hydroxylation sites is 1. The lowest BCUT2D eigenvalue weighted by Gasteiger charge is -2.11. The van der Waals surface area contributed by atoms with Crippen LogP contribution in [-0.2, 0) is 0 Å². The highest BCUT2D eigenvalue weighted by Crippen LogP contribution is 2.35. The summed E-state index contributed by atoms with van der Waals surface area (Å²) in [5, 5.41) is 7.57. The van der Waals surface area contributed by atoms with Crippen LogP contribution in [0.5, 0.6) is 0 Å². The van der Waals surface area contributed by atoms with Crippen LogP contribution in [0.1, 0.15) is 0 Å². The molecule has 3 heteroatoms. The van der Waals surface area contributed by atoms with E-state index in [-0.39, 0.29) is 0 Å². The number of benzene rings is 6. The van der Waals surface area contributed by atoms with Crippen LogP contribution >= 0.6 is 0 Å². The standard InChI is InChI=1S/C39H27N3/c1-4-12-28(13-5-1)31-20-25-38-35(26-31)34-18-10-11-19-37(34)41(38)32-21-23-33(24-22-32)42-39(30-16-8-3-9-17-30)27-36(40-42)29-14-6-2-7-15-29/h1-27H. The average Bonchev–Trinajstić information content (AvgIpc) is 3.66. The van der Waals surface area contributed by atoms with Crippen LogP contribution in [0.3, 0.4) is 0 Å². The third kappa shape index (κ3) is 4.11. The Morgan fingerprint density at radius 2 is 0.952 bits per heavy atom. The Bertz CT molecular complexity index is 2160. The number of fused-ring (bicyclic) bond motifs is 3. The quantitative estimate of drug-likeness (QED) is 0.214. The minimum atomic E-state index is 0.954. The van der Waals surface area contributed by atoms with Crippen LogP contribution in [0.15, 0.2) is 164 Å². The molecule has 0 saturated carbocycles. The lowest BCUT2D eigenvalue weighted by atomic mass is 10.0. The molecule has 0 radical (unpaired) electrons. The highest BCUT2D eigenvalue weighted by molar-refractivity contribution is 6.10. The van der Waals surface area contributed by atoms with Crippen molar-refractivity contribution in [1.82, 2.24) is 14.3 Å². The topological polar surface area (TPSA) is 22.8 Å².